The number of nitrogens with one attached hydrogen (secondary N) is 1. The Morgan fingerprint density at radius 3 is 2.81 bits per heavy atom. The van der Waals surface area contributed by atoms with E-state index in [9.17, 15) is 0 Å². The number of hydrogen-bond acceptors (Lipinski definition) is 4. The maximum Gasteiger partial charge on any atom is 0.185 e. The van der Waals surface area contributed by atoms with E-state index in [4.69, 9.17) is 0 Å². The summed E-state index contributed by atoms with van der Waals surface area (Å²) < 4.78 is 0. The molecule has 4 heteroatoms. The van der Waals surface area contributed by atoms with Gasteiger partial charge in [-0.05, 0) is 26.8 Å². The van der Waals surface area contributed by atoms with Crippen LogP contribution < -0.4 is 10.2 Å². The van der Waals surface area contributed by atoms with E-state index >= 15 is 0 Å². The zero-order valence-electron chi connectivity index (χ0n) is 10.4. The number of thiazole rings is 1. The predicted octanol–water partition coefficient (Wildman–Crippen LogP) is 2.80. The summed E-state index contributed by atoms with van der Waals surface area (Å²) in [5.41, 5.74) is 0. The normalized spacial score (nSPS) is 18.9. The Bertz CT molecular complexity index is 331. The molecule has 2 rings (SSSR count). The van der Waals surface area contributed by atoms with Crippen molar-refractivity contribution in [1.82, 2.24) is 10.3 Å². The Morgan fingerprint density at radius 2 is 2.19 bits per heavy atom. The van der Waals surface area contributed by atoms with Crippen molar-refractivity contribution in [3.8, 4) is 0 Å². The van der Waals surface area contributed by atoms with Crippen LogP contribution in [0.25, 0.3) is 0 Å². The fraction of sp³-hybridized carbons (Fsp3) is 0.750. The summed E-state index contributed by atoms with van der Waals surface area (Å²) in [7, 11) is 4.17. The van der Waals surface area contributed by atoms with E-state index in [1.807, 2.05) is 24.6 Å². The standard InChI is InChI=1S/C12H21N3S/c1-9(13-2)11-8-14-12(16-11)15(3)10-6-4-5-7-10/h8-10,13H,4-7H2,1-3H3. The van der Waals surface area contributed by atoms with Crippen molar-refractivity contribution in [2.24, 2.45) is 0 Å². The molecule has 1 aromatic rings. The lowest BCUT2D eigenvalue weighted by atomic mass is 10.2. The minimum Gasteiger partial charge on any atom is -0.348 e. The molecule has 1 saturated carbocycles. The molecule has 0 amide bonds. The third kappa shape index (κ3) is 2.38. The SMILES string of the molecule is CNC(C)c1cnc(N(C)C2CCCC2)s1. The monoisotopic (exact) mass is 239 g/mol. The van der Waals surface area contributed by atoms with Gasteiger partial charge in [-0.25, -0.2) is 4.98 Å². The zero-order valence-corrected chi connectivity index (χ0v) is 11.2. The number of rotatable bonds is 4. The molecule has 0 saturated heterocycles. The molecular formula is C12H21N3S. The fourth-order valence-corrected chi connectivity index (χ4v) is 3.24. The van der Waals surface area contributed by atoms with Crippen molar-refractivity contribution in [2.45, 2.75) is 44.7 Å². The van der Waals surface area contributed by atoms with Crippen LogP contribution in [-0.4, -0.2) is 25.1 Å². The van der Waals surface area contributed by atoms with Crippen LogP contribution >= 0.6 is 11.3 Å². The molecular weight excluding hydrogens is 218 g/mol. The molecule has 1 unspecified atom stereocenters. The van der Waals surface area contributed by atoms with E-state index < -0.39 is 0 Å². The highest BCUT2D eigenvalue weighted by atomic mass is 32.1. The summed E-state index contributed by atoms with van der Waals surface area (Å²) in [6.07, 6.45) is 7.41. The first kappa shape index (κ1) is 11.9. The molecule has 0 radical (unpaired) electrons. The highest BCUT2D eigenvalue weighted by Crippen LogP contribution is 2.31. The van der Waals surface area contributed by atoms with E-state index in [2.05, 4.69) is 29.2 Å². The lowest BCUT2D eigenvalue weighted by Gasteiger charge is -2.23. The third-order valence-corrected chi connectivity index (χ3v) is 4.82. The summed E-state index contributed by atoms with van der Waals surface area (Å²) >= 11 is 1.81. The van der Waals surface area contributed by atoms with Gasteiger partial charge in [0.25, 0.3) is 0 Å². The van der Waals surface area contributed by atoms with Crippen molar-refractivity contribution >= 4 is 16.5 Å². The van der Waals surface area contributed by atoms with Crippen LogP contribution in [0.5, 0.6) is 0 Å². The molecule has 90 valence electrons. The van der Waals surface area contributed by atoms with Gasteiger partial charge in [0.1, 0.15) is 0 Å². The van der Waals surface area contributed by atoms with E-state index in [-0.39, 0.29) is 0 Å². The number of anilines is 1. The van der Waals surface area contributed by atoms with Crippen LogP contribution in [-0.2, 0) is 0 Å². The van der Waals surface area contributed by atoms with Gasteiger partial charge >= 0.3 is 0 Å². The second kappa shape index (κ2) is 5.15. The Morgan fingerprint density at radius 1 is 1.50 bits per heavy atom. The van der Waals surface area contributed by atoms with Crippen molar-refractivity contribution in [1.29, 1.82) is 0 Å². The second-order valence-corrected chi connectivity index (χ2v) is 5.65. The molecule has 0 bridgehead atoms. The summed E-state index contributed by atoms with van der Waals surface area (Å²) in [4.78, 5) is 8.22. The van der Waals surface area contributed by atoms with Crippen molar-refractivity contribution in [3.63, 3.8) is 0 Å². The summed E-state index contributed by atoms with van der Waals surface area (Å²) in [6.45, 7) is 2.17. The Balaban J connectivity index is 2.05. The van der Waals surface area contributed by atoms with Crippen molar-refractivity contribution in [3.05, 3.63) is 11.1 Å². The maximum absolute atomic E-state index is 4.53. The lowest BCUT2D eigenvalue weighted by molar-refractivity contribution is 0.651. The average Bonchev–Trinajstić information content (AvgIpc) is 2.97. The Hall–Kier alpha value is -0.610. The van der Waals surface area contributed by atoms with Crippen molar-refractivity contribution in [2.75, 3.05) is 19.0 Å². The van der Waals surface area contributed by atoms with Crippen LogP contribution in [0.1, 0.15) is 43.5 Å². The number of nitrogens with zero attached hydrogens (tertiary/aromatic N) is 2. The maximum atomic E-state index is 4.53. The van der Waals surface area contributed by atoms with E-state index in [1.54, 1.807) is 0 Å². The van der Waals surface area contributed by atoms with Gasteiger partial charge in [0.05, 0.1) is 0 Å². The first-order valence-electron chi connectivity index (χ1n) is 6.08. The van der Waals surface area contributed by atoms with Crippen molar-refractivity contribution < 1.29 is 0 Å². The highest BCUT2D eigenvalue weighted by Gasteiger charge is 2.22. The molecule has 1 atom stereocenters. The van der Waals surface area contributed by atoms with Crippen LogP contribution in [0.15, 0.2) is 6.20 Å². The lowest BCUT2D eigenvalue weighted by Crippen LogP contribution is -2.28. The van der Waals surface area contributed by atoms with Gasteiger partial charge in [0.2, 0.25) is 0 Å². The summed E-state index contributed by atoms with van der Waals surface area (Å²) in [5.74, 6) is 0. The largest absolute Gasteiger partial charge is 0.348 e. The van der Waals surface area contributed by atoms with Gasteiger partial charge in [0, 0.05) is 30.2 Å². The average molecular weight is 239 g/mol. The summed E-state index contributed by atoms with van der Waals surface area (Å²) in [5, 5.41) is 4.43. The van der Waals surface area contributed by atoms with E-state index in [0.29, 0.717) is 12.1 Å². The highest BCUT2D eigenvalue weighted by molar-refractivity contribution is 7.15. The first-order chi connectivity index (χ1) is 7.72. The minimum atomic E-state index is 0.406. The van der Waals surface area contributed by atoms with Crippen LogP contribution in [0, 0.1) is 0 Å². The Kier molecular flexibility index (Phi) is 3.82. The number of aromatic nitrogens is 1. The molecule has 0 aromatic carbocycles. The first-order valence-corrected chi connectivity index (χ1v) is 6.90. The smallest absolute Gasteiger partial charge is 0.185 e. The molecule has 0 aliphatic heterocycles. The predicted molar refractivity (Wildman–Crippen MR) is 70.2 cm³/mol. The van der Waals surface area contributed by atoms with E-state index in [1.165, 1.54) is 35.7 Å². The molecule has 1 N–H and O–H groups in total. The molecule has 1 aromatic heterocycles. The molecule has 16 heavy (non-hydrogen) atoms. The fourth-order valence-electron chi connectivity index (χ4n) is 2.23. The Labute approximate surface area is 102 Å². The minimum absolute atomic E-state index is 0.406. The molecule has 1 aliphatic carbocycles. The van der Waals surface area contributed by atoms with E-state index in [0.717, 1.165) is 0 Å². The topological polar surface area (TPSA) is 28.2 Å². The molecule has 1 aliphatic rings. The third-order valence-electron chi connectivity index (χ3n) is 3.55. The van der Waals surface area contributed by atoms with Gasteiger partial charge in [0.15, 0.2) is 5.13 Å². The molecule has 3 nitrogen and oxygen atoms in total. The van der Waals surface area contributed by atoms with Gasteiger partial charge in [-0.15, -0.1) is 11.3 Å². The van der Waals surface area contributed by atoms with Crippen LogP contribution in [0.3, 0.4) is 0 Å². The van der Waals surface area contributed by atoms with Crippen LogP contribution in [0.2, 0.25) is 0 Å². The van der Waals surface area contributed by atoms with Gasteiger partial charge < -0.3 is 10.2 Å². The van der Waals surface area contributed by atoms with Gasteiger partial charge in [-0.2, -0.15) is 0 Å². The zero-order chi connectivity index (χ0) is 11.5. The molecule has 1 heterocycles. The van der Waals surface area contributed by atoms with Gasteiger partial charge in [-0.3, -0.25) is 0 Å². The van der Waals surface area contributed by atoms with Gasteiger partial charge in [-0.1, -0.05) is 12.8 Å². The van der Waals surface area contributed by atoms with Crippen LogP contribution in [0.4, 0.5) is 5.13 Å². The quantitative estimate of drug-likeness (QED) is 0.875. The summed E-state index contributed by atoms with van der Waals surface area (Å²) in [6, 6.07) is 1.12. The second-order valence-electron chi connectivity index (χ2n) is 4.60. The molecule has 1 fully saturated rings. The molecule has 0 spiro atoms. The number of hydrogen-bond donors (Lipinski definition) is 1.